The summed E-state index contributed by atoms with van der Waals surface area (Å²) in [5, 5.41) is 0. The first kappa shape index (κ1) is 11.0. The van der Waals surface area contributed by atoms with E-state index in [0.29, 0.717) is 19.3 Å². The molecule has 1 aliphatic carbocycles. The van der Waals surface area contributed by atoms with E-state index in [-0.39, 0.29) is 6.10 Å². The van der Waals surface area contributed by atoms with Gasteiger partial charge >= 0.3 is 0 Å². The standard InChI is InChI=1S/C10H21NO2/c1-2-12-10(7-11)8-13-9-5-3-4-6-9/h9-10H,2-8,11H2,1H3. The van der Waals surface area contributed by atoms with Crippen molar-refractivity contribution in [2.24, 2.45) is 5.73 Å². The van der Waals surface area contributed by atoms with Gasteiger partial charge in [0.1, 0.15) is 0 Å². The zero-order valence-corrected chi connectivity index (χ0v) is 8.50. The highest BCUT2D eigenvalue weighted by molar-refractivity contribution is 4.68. The molecule has 0 amide bonds. The lowest BCUT2D eigenvalue weighted by Gasteiger charge is -2.18. The maximum Gasteiger partial charge on any atom is 0.0930 e. The Kier molecular flexibility index (Phi) is 5.35. The molecule has 1 rings (SSSR count). The summed E-state index contributed by atoms with van der Waals surface area (Å²) in [7, 11) is 0. The predicted octanol–water partition coefficient (Wildman–Crippen LogP) is 1.31. The van der Waals surface area contributed by atoms with Gasteiger partial charge in [0.15, 0.2) is 0 Å². The van der Waals surface area contributed by atoms with Crippen molar-refractivity contribution in [1.29, 1.82) is 0 Å². The highest BCUT2D eigenvalue weighted by Gasteiger charge is 2.17. The third kappa shape index (κ3) is 4.07. The Balaban J connectivity index is 2.07. The fourth-order valence-corrected chi connectivity index (χ4v) is 1.72. The van der Waals surface area contributed by atoms with Crippen molar-refractivity contribution in [2.75, 3.05) is 19.8 Å². The van der Waals surface area contributed by atoms with Crippen LogP contribution in [0.1, 0.15) is 32.6 Å². The molecule has 2 N–H and O–H groups in total. The molecular weight excluding hydrogens is 166 g/mol. The molecule has 0 aromatic heterocycles. The second-order valence-corrected chi connectivity index (χ2v) is 3.55. The Labute approximate surface area is 80.6 Å². The Morgan fingerprint density at radius 1 is 1.38 bits per heavy atom. The smallest absolute Gasteiger partial charge is 0.0930 e. The summed E-state index contributed by atoms with van der Waals surface area (Å²) in [6.07, 6.45) is 5.60. The summed E-state index contributed by atoms with van der Waals surface area (Å²) in [6.45, 7) is 3.92. The van der Waals surface area contributed by atoms with Gasteiger partial charge in [0.25, 0.3) is 0 Å². The molecule has 1 fully saturated rings. The average Bonchev–Trinajstić information content (AvgIpc) is 2.64. The van der Waals surface area contributed by atoms with E-state index in [1.165, 1.54) is 25.7 Å². The maximum absolute atomic E-state index is 5.70. The fraction of sp³-hybridized carbons (Fsp3) is 1.00. The third-order valence-electron chi connectivity index (χ3n) is 2.49. The monoisotopic (exact) mass is 187 g/mol. The van der Waals surface area contributed by atoms with Crippen LogP contribution in [0.2, 0.25) is 0 Å². The topological polar surface area (TPSA) is 44.5 Å². The first-order valence-electron chi connectivity index (χ1n) is 5.30. The summed E-state index contributed by atoms with van der Waals surface area (Å²) in [5.74, 6) is 0. The minimum absolute atomic E-state index is 0.0885. The van der Waals surface area contributed by atoms with Crippen LogP contribution in [0.4, 0.5) is 0 Å². The van der Waals surface area contributed by atoms with E-state index in [9.17, 15) is 0 Å². The minimum atomic E-state index is 0.0885. The van der Waals surface area contributed by atoms with E-state index in [2.05, 4.69) is 0 Å². The Morgan fingerprint density at radius 2 is 2.08 bits per heavy atom. The lowest BCUT2D eigenvalue weighted by atomic mass is 10.3. The molecule has 78 valence electrons. The van der Waals surface area contributed by atoms with Gasteiger partial charge < -0.3 is 15.2 Å². The van der Waals surface area contributed by atoms with Crippen LogP contribution < -0.4 is 5.73 Å². The molecule has 1 atom stereocenters. The number of rotatable bonds is 6. The average molecular weight is 187 g/mol. The largest absolute Gasteiger partial charge is 0.375 e. The van der Waals surface area contributed by atoms with E-state index in [0.717, 1.165) is 6.61 Å². The summed E-state index contributed by atoms with van der Waals surface area (Å²) in [4.78, 5) is 0. The fourth-order valence-electron chi connectivity index (χ4n) is 1.72. The second-order valence-electron chi connectivity index (χ2n) is 3.55. The van der Waals surface area contributed by atoms with Crippen molar-refractivity contribution in [3.05, 3.63) is 0 Å². The Bertz CT molecular complexity index is 124. The van der Waals surface area contributed by atoms with Crippen molar-refractivity contribution in [1.82, 2.24) is 0 Å². The van der Waals surface area contributed by atoms with Gasteiger partial charge in [-0.25, -0.2) is 0 Å². The molecule has 0 aliphatic heterocycles. The van der Waals surface area contributed by atoms with Crippen LogP contribution in [0, 0.1) is 0 Å². The molecular formula is C10H21NO2. The van der Waals surface area contributed by atoms with E-state index < -0.39 is 0 Å². The molecule has 0 spiro atoms. The van der Waals surface area contributed by atoms with Gasteiger partial charge in [0, 0.05) is 13.2 Å². The van der Waals surface area contributed by atoms with Gasteiger partial charge in [-0.3, -0.25) is 0 Å². The number of hydrogen-bond acceptors (Lipinski definition) is 3. The van der Waals surface area contributed by atoms with Gasteiger partial charge in [-0.1, -0.05) is 12.8 Å². The lowest BCUT2D eigenvalue weighted by Crippen LogP contribution is -2.30. The zero-order valence-electron chi connectivity index (χ0n) is 8.50. The highest BCUT2D eigenvalue weighted by Crippen LogP contribution is 2.20. The van der Waals surface area contributed by atoms with Gasteiger partial charge in [-0.2, -0.15) is 0 Å². The summed E-state index contributed by atoms with van der Waals surface area (Å²) >= 11 is 0. The first-order valence-corrected chi connectivity index (χ1v) is 5.30. The van der Waals surface area contributed by atoms with Crippen LogP contribution in [0.15, 0.2) is 0 Å². The van der Waals surface area contributed by atoms with Crippen LogP contribution in [-0.4, -0.2) is 32.0 Å². The predicted molar refractivity (Wildman–Crippen MR) is 52.7 cm³/mol. The molecule has 3 heteroatoms. The van der Waals surface area contributed by atoms with Gasteiger partial charge in [-0.15, -0.1) is 0 Å². The lowest BCUT2D eigenvalue weighted by molar-refractivity contribution is -0.0345. The zero-order chi connectivity index (χ0) is 9.52. The molecule has 1 saturated carbocycles. The molecule has 1 unspecified atom stereocenters. The number of hydrogen-bond donors (Lipinski definition) is 1. The van der Waals surface area contributed by atoms with Gasteiger partial charge in [-0.05, 0) is 19.8 Å². The molecule has 0 saturated heterocycles. The molecule has 0 bridgehead atoms. The van der Waals surface area contributed by atoms with Crippen molar-refractivity contribution < 1.29 is 9.47 Å². The third-order valence-corrected chi connectivity index (χ3v) is 2.49. The van der Waals surface area contributed by atoms with Crippen LogP contribution >= 0.6 is 0 Å². The van der Waals surface area contributed by atoms with Crippen molar-refractivity contribution in [3.63, 3.8) is 0 Å². The van der Waals surface area contributed by atoms with Gasteiger partial charge in [0.2, 0.25) is 0 Å². The van der Waals surface area contributed by atoms with Crippen LogP contribution in [0.5, 0.6) is 0 Å². The SMILES string of the molecule is CCOC(CN)COC1CCCC1. The second kappa shape index (κ2) is 6.35. The molecule has 13 heavy (non-hydrogen) atoms. The van der Waals surface area contributed by atoms with Gasteiger partial charge in [0.05, 0.1) is 18.8 Å². The highest BCUT2D eigenvalue weighted by atomic mass is 16.5. The van der Waals surface area contributed by atoms with E-state index in [4.69, 9.17) is 15.2 Å². The van der Waals surface area contributed by atoms with Crippen LogP contribution in [0.3, 0.4) is 0 Å². The molecule has 1 aliphatic rings. The Morgan fingerprint density at radius 3 is 2.62 bits per heavy atom. The maximum atomic E-state index is 5.70. The van der Waals surface area contributed by atoms with Crippen LogP contribution in [-0.2, 0) is 9.47 Å². The summed E-state index contributed by atoms with van der Waals surface area (Å²) in [5.41, 5.74) is 5.54. The minimum Gasteiger partial charge on any atom is -0.375 e. The quantitative estimate of drug-likeness (QED) is 0.682. The Hall–Kier alpha value is -0.120. The van der Waals surface area contributed by atoms with E-state index >= 15 is 0 Å². The van der Waals surface area contributed by atoms with E-state index in [1.54, 1.807) is 0 Å². The van der Waals surface area contributed by atoms with Crippen LogP contribution in [0.25, 0.3) is 0 Å². The normalized spacial score (nSPS) is 20.8. The van der Waals surface area contributed by atoms with Crippen molar-refractivity contribution in [3.8, 4) is 0 Å². The van der Waals surface area contributed by atoms with E-state index in [1.807, 2.05) is 6.92 Å². The molecule has 0 radical (unpaired) electrons. The summed E-state index contributed by atoms with van der Waals surface area (Å²) < 4.78 is 11.1. The molecule has 3 nitrogen and oxygen atoms in total. The molecule has 0 heterocycles. The summed E-state index contributed by atoms with van der Waals surface area (Å²) in [6, 6.07) is 0. The molecule has 0 aromatic rings. The number of nitrogens with two attached hydrogens (primary N) is 1. The molecule has 0 aromatic carbocycles. The number of ether oxygens (including phenoxy) is 2. The van der Waals surface area contributed by atoms with Crippen molar-refractivity contribution >= 4 is 0 Å². The first-order chi connectivity index (χ1) is 6.36. The van der Waals surface area contributed by atoms with Crippen molar-refractivity contribution in [2.45, 2.75) is 44.8 Å².